The number of aryl methyl sites for hydroxylation is 3. The first-order valence-corrected chi connectivity index (χ1v) is 9.96. The predicted molar refractivity (Wildman–Crippen MR) is 98.9 cm³/mol. The van der Waals surface area contributed by atoms with Gasteiger partial charge in [0.05, 0.1) is 11.7 Å². The Morgan fingerprint density at radius 2 is 2.20 bits per heavy atom. The van der Waals surface area contributed by atoms with Crippen molar-refractivity contribution in [1.29, 1.82) is 0 Å². The zero-order valence-corrected chi connectivity index (χ0v) is 15.2. The van der Waals surface area contributed by atoms with Gasteiger partial charge in [-0.05, 0) is 50.1 Å². The van der Waals surface area contributed by atoms with Crippen molar-refractivity contribution >= 4 is 27.5 Å². The third-order valence-corrected chi connectivity index (χ3v) is 6.68. The molecule has 1 unspecified atom stereocenters. The predicted octanol–water partition coefficient (Wildman–Crippen LogP) is 1.53. The molecule has 2 aliphatic rings. The SMILES string of the molecule is NCC1CCN(C(=O)CCn2cnc3sc4c(c3c2=O)CCCC4)C1. The first-order valence-electron chi connectivity index (χ1n) is 9.15. The van der Waals surface area contributed by atoms with Crippen LogP contribution >= 0.6 is 11.3 Å². The van der Waals surface area contributed by atoms with E-state index in [2.05, 4.69) is 4.98 Å². The highest BCUT2D eigenvalue weighted by Gasteiger charge is 2.25. The molecule has 1 atom stereocenters. The van der Waals surface area contributed by atoms with Crippen LogP contribution in [0.15, 0.2) is 11.1 Å². The number of hydrogen-bond donors (Lipinski definition) is 1. The van der Waals surface area contributed by atoms with E-state index in [9.17, 15) is 9.59 Å². The number of carbonyl (C=O) groups excluding carboxylic acids is 1. The van der Waals surface area contributed by atoms with Gasteiger partial charge in [-0.2, -0.15) is 0 Å². The average Bonchev–Trinajstić information content (AvgIpc) is 3.25. The molecule has 1 saturated heterocycles. The van der Waals surface area contributed by atoms with E-state index in [1.165, 1.54) is 16.9 Å². The zero-order chi connectivity index (χ0) is 17.4. The van der Waals surface area contributed by atoms with Gasteiger partial charge in [-0.15, -0.1) is 11.3 Å². The number of rotatable bonds is 4. The number of nitrogens with two attached hydrogens (primary N) is 1. The van der Waals surface area contributed by atoms with Gasteiger partial charge in [0.25, 0.3) is 5.56 Å². The average molecular weight is 360 g/mol. The Kier molecular flexibility index (Phi) is 4.60. The van der Waals surface area contributed by atoms with Gasteiger partial charge in [0.2, 0.25) is 5.91 Å². The molecule has 1 aliphatic heterocycles. The lowest BCUT2D eigenvalue weighted by molar-refractivity contribution is -0.130. The van der Waals surface area contributed by atoms with Crippen LogP contribution < -0.4 is 11.3 Å². The van der Waals surface area contributed by atoms with Crippen LogP contribution in [0.3, 0.4) is 0 Å². The van der Waals surface area contributed by atoms with E-state index in [1.807, 2.05) is 4.90 Å². The van der Waals surface area contributed by atoms with Crippen LogP contribution in [0.4, 0.5) is 0 Å². The first-order chi connectivity index (χ1) is 12.2. The molecule has 0 saturated carbocycles. The van der Waals surface area contributed by atoms with Crippen molar-refractivity contribution in [2.24, 2.45) is 11.7 Å². The van der Waals surface area contributed by atoms with Gasteiger partial charge in [-0.25, -0.2) is 4.98 Å². The molecule has 0 aromatic carbocycles. The van der Waals surface area contributed by atoms with Crippen LogP contribution in [0.1, 0.15) is 36.1 Å². The van der Waals surface area contributed by atoms with E-state index in [-0.39, 0.29) is 11.5 Å². The van der Waals surface area contributed by atoms with E-state index in [0.29, 0.717) is 25.4 Å². The normalized spacial score (nSPS) is 20.2. The van der Waals surface area contributed by atoms with Crippen LogP contribution in [-0.2, 0) is 24.2 Å². The third-order valence-electron chi connectivity index (χ3n) is 5.48. The smallest absolute Gasteiger partial charge is 0.262 e. The quantitative estimate of drug-likeness (QED) is 0.897. The van der Waals surface area contributed by atoms with Crippen LogP contribution in [0.5, 0.6) is 0 Å². The van der Waals surface area contributed by atoms with Gasteiger partial charge >= 0.3 is 0 Å². The summed E-state index contributed by atoms with van der Waals surface area (Å²) < 4.78 is 1.61. The van der Waals surface area contributed by atoms with Crippen LogP contribution in [-0.4, -0.2) is 40.0 Å². The standard InChI is InChI=1S/C18H24N4O2S/c19-9-12-5-7-21(10-12)15(23)6-8-22-11-20-17-16(18(22)24)13-3-1-2-4-14(13)25-17/h11-12H,1-10,19H2. The Labute approximate surface area is 150 Å². The fourth-order valence-electron chi connectivity index (χ4n) is 3.97. The number of thiophene rings is 1. The van der Waals surface area contributed by atoms with E-state index < -0.39 is 0 Å². The van der Waals surface area contributed by atoms with Crippen molar-refractivity contribution in [3.05, 3.63) is 27.1 Å². The molecule has 0 spiro atoms. The van der Waals surface area contributed by atoms with E-state index in [1.54, 1.807) is 22.2 Å². The molecule has 25 heavy (non-hydrogen) atoms. The molecule has 3 heterocycles. The molecule has 2 aromatic heterocycles. The molecule has 2 aromatic rings. The maximum absolute atomic E-state index is 12.9. The second kappa shape index (κ2) is 6.88. The lowest BCUT2D eigenvalue weighted by Gasteiger charge is -2.16. The van der Waals surface area contributed by atoms with Gasteiger partial charge in [-0.1, -0.05) is 0 Å². The molecule has 1 fully saturated rings. The Balaban J connectivity index is 1.51. The Bertz CT molecular complexity index is 857. The molecule has 0 bridgehead atoms. The second-order valence-electron chi connectivity index (χ2n) is 7.11. The zero-order valence-electron chi connectivity index (χ0n) is 14.4. The van der Waals surface area contributed by atoms with Crippen molar-refractivity contribution in [3.63, 3.8) is 0 Å². The van der Waals surface area contributed by atoms with Gasteiger partial charge < -0.3 is 10.6 Å². The second-order valence-corrected chi connectivity index (χ2v) is 8.20. The Morgan fingerprint density at radius 1 is 1.36 bits per heavy atom. The highest BCUT2D eigenvalue weighted by Crippen LogP contribution is 2.33. The summed E-state index contributed by atoms with van der Waals surface area (Å²) in [7, 11) is 0. The molecule has 2 N–H and O–H groups in total. The summed E-state index contributed by atoms with van der Waals surface area (Å²) in [4.78, 5) is 33.8. The van der Waals surface area contributed by atoms with Gasteiger partial charge in [-0.3, -0.25) is 14.2 Å². The van der Waals surface area contributed by atoms with Crippen LogP contribution in [0, 0.1) is 5.92 Å². The van der Waals surface area contributed by atoms with Crippen molar-refractivity contribution in [1.82, 2.24) is 14.5 Å². The fourth-order valence-corrected chi connectivity index (χ4v) is 5.19. The summed E-state index contributed by atoms with van der Waals surface area (Å²) in [6.45, 7) is 2.56. The summed E-state index contributed by atoms with van der Waals surface area (Å²) in [5.41, 5.74) is 6.90. The minimum atomic E-state index is 0.0125. The van der Waals surface area contributed by atoms with Crippen LogP contribution in [0.25, 0.3) is 10.2 Å². The molecule has 1 aliphatic carbocycles. The van der Waals surface area contributed by atoms with Crippen molar-refractivity contribution in [2.45, 2.75) is 45.1 Å². The summed E-state index contributed by atoms with van der Waals surface area (Å²) in [5.74, 6) is 0.525. The maximum Gasteiger partial charge on any atom is 0.262 e. The third kappa shape index (κ3) is 3.11. The Hall–Kier alpha value is -1.73. The molecule has 0 radical (unpaired) electrons. The molecule has 4 rings (SSSR count). The van der Waals surface area contributed by atoms with E-state index in [0.717, 1.165) is 49.0 Å². The molecular weight excluding hydrogens is 336 g/mol. The number of likely N-dealkylation sites (tertiary alicyclic amines) is 1. The lowest BCUT2D eigenvalue weighted by atomic mass is 9.97. The summed E-state index contributed by atoms with van der Waals surface area (Å²) in [6, 6.07) is 0. The number of amides is 1. The van der Waals surface area contributed by atoms with Crippen molar-refractivity contribution in [3.8, 4) is 0 Å². The minimum absolute atomic E-state index is 0.0125. The molecule has 7 heteroatoms. The molecular formula is C18H24N4O2S. The van der Waals surface area contributed by atoms with E-state index in [4.69, 9.17) is 5.73 Å². The Morgan fingerprint density at radius 3 is 3.00 bits per heavy atom. The van der Waals surface area contributed by atoms with E-state index >= 15 is 0 Å². The lowest BCUT2D eigenvalue weighted by Crippen LogP contribution is -2.31. The molecule has 6 nitrogen and oxygen atoms in total. The number of aromatic nitrogens is 2. The fraction of sp³-hybridized carbons (Fsp3) is 0.611. The monoisotopic (exact) mass is 360 g/mol. The first kappa shape index (κ1) is 16.7. The maximum atomic E-state index is 12.9. The van der Waals surface area contributed by atoms with Crippen molar-refractivity contribution in [2.75, 3.05) is 19.6 Å². The number of hydrogen-bond acceptors (Lipinski definition) is 5. The highest BCUT2D eigenvalue weighted by atomic mass is 32.1. The number of nitrogens with zero attached hydrogens (tertiary/aromatic N) is 3. The summed E-state index contributed by atoms with van der Waals surface area (Å²) in [6.07, 6.45) is 7.31. The van der Waals surface area contributed by atoms with Gasteiger partial charge in [0, 0.05) is 30.9 Å². The largest absolute Gasteiger partial charge is 0.342 e. The molecule has 1 amide bonds. The van der Waals surface area contributed by atoms with Gasteiger partial charge in [0.15, 0.2) is 0 Å². The number of fused-ring (bicyclic) bond motifs is 3. The molecule has 134 valence electrons. The van der Waals surface area contributed by atoms with Gasteiger partial charge in [0.1, 0.15) is 4.83 Å². The topological polar surface area (TPSA) is 81.2 Å². The van der Waals surface area contributed by atoms with Crippen molar-refractivity contribution < 1.29 is 4.79 Å². The summed E-state index contributed by atoms with van der Waals surface area (Å²) in [5, 5.41) is 0.791. The summed E-state index contributed by atoms with van der Waals surface area (Å²) >= 11 is 1.66. The highest BCUT2D eigenvalue weighted by molar-refractivity contribution is 7.18. The van der Waals surface area contributed by atoms with Crippen LogP contribution in [0.2, 0.25) is 0 Å². The minimum Gasteiger partial charge on any atom is -0.342 e. The number of carbonyl (C=O) groups is 1.